The van der Waals surface area contributed by atoms with Gasteiger partial charge in [-0.2, -0.15) is 0 Å². The summed E-state index contributed by atoms with van der Waals surface area (Å²) in [4.78, 5) is 25.4. The monoisotopic (exact) mass is 284 g/mol. The first kappa shape index (κ1) is 17.0. The Morgan fingerprint density at radius 1 is 1.30 bits per heavy atom. The molecule has 5 nitrogen and oxygen atoms in total. The molecule has 0 aromatic heterocycles. The molecule has 1 fully saturated rings. The van der Waals surface area contributed by atoms with Gasteiger partial charge >= 0.3 is 5.97 Å². The standard InChI is InChI=1S/C15H28N2O3/c1-10-6-11(2)8-17(7-10)9-15(4,5)14(20)16-12(3)13(18)19/h10-12H,6-9H2,1-5H3,(H,16,20)(H,18,19). The summed E-state index contributed by atoms with van der Waals surface area (Å²) in [6, 6.07) is -0.846. The lowest BCUT2D eigenvalue weighted by Gasteiger charge is -2.39. The van der Waals surface area contributed by atoms with Crippen LogP contribution in [-0.4, -0.2) is 47.6 Å². The number of carboxylic acid groups (broad SMARTS) is 1. The molecule has 3 unspecified atom stereocenters. The van der Waals surface area contributed by atoms with Gasteiger partial charge in [-0.25, -0.2) is 0 Å². The van der Waals surface area contributed by atoms with Gasteiger partial charge in [0.15, 0.2) is 0 Å². The molecule has 5 heteroatoms. The minimum atomic E-state index is -1.01. The van der Waals surface area contributed by atoms with Gasteiger partial charge in [-0.1, -0.05) is 13.8 Å². The molecule has 0 radical (unpaired) electrons. The third-order valence-corrected chi connectivity index (χ3v) is 3.90. The Morgan fingerprint density at radius 3 is 2.25 bits per heavy atom. The predicted octanol–water partition coefficient (Wildman–Crippen LogP) is 1.58. The molecule has 20 heavy (non-hydrogen) atoms. The molecule has 1 saturated heterocycles. The smallest absolute Gasteiger partial charge is 0.325 e. The fourth-order valence-corrected chi connectivity index (χ4v) is 3.01. The van der Waals surface area contributed by atoms with E-state index in [2.05, 4.69) is 24.1 Å². The van der Waals surface area contributed by atoms with Crippen LogP contribution in [0.15, 0.2) is 0 Å². The van der Waals surface area contributed by atoms with Crippen molar-refractivity contribution in [3.63, 3.8) is 0 Å². The van der Waals surface area contributed by atoms with Crippen molar-refractivity contribution in [1.82, 2.24) is 10.2 Å². The van der Waals surface area contributed by atoms with Crippen molar-refractivity contribution in [3.8, 4) is 0 Å². The maximum atomic E-state index is 12.2. The molecule has 1 aliphatic rings. The summed E-state index contributed by atoms with van der Waals surface area (Å²) in [5.74, 6) is 0.0961. The van der Waals surface area contributed by atoms with E-state index in [1.165, 1.54) is 13.3 Å². The maximum absolute atomic E-state index is 12.2. The lowest BCUT2D eigenvalue weighted by Crippen LogP contribution is -2.51. The lowest BCUT2D eigenvalue weighted by molar-refractivity contribution is -0.143. The lowest BCUT2D eigenvalue weighted by atomic mass is 9.87. The minimum Gasteiger partial charge on any atom is -0.480 e. The van der Waals surface area contributed by atoms with Crippen LogP contribution in [0.4, 0.5) is 0 Å². The first-order valence-corrected chi connectivity index (χ1v) is 7.38. The summed E-state index contributed by atoms with van der Waals surface area (Å²) < 4.78 is 0. The van der Waals surface area contributed by atoms with Crippen molar-refractivity contribution in [2.24, 2.45) is 17.3 Å². The van der Waals surface area contributed by atoms with Crippen molar-refractivity contribution < 1.29 is 14.7 Å². The molecule has 2 N–H and O–H groups in total. The maximum Gasteiger partial charge on any atom is 0.325 e. The number of nitrogens with zero attached hydrogens (tertiary/aromatic N) is 1. The van der Waals surface area contributed by atoms with Crippen LogP contribution in [0.1, 0.15) is 41.0 Å². The SMILES string of the molecule is CC1CC(C)CN(CC(C)(C)C(=O)NC(C)C(=O)O)C1. The fraction of sp³-hybridized carbons (Fsp3) is 0.867. The van der Waals surface area contributed by atoms with E-state index in [0.717, 1.165) is 13.1 Å². The number of carbonyl (C=O) groups is 2. The van der Waals surface area contributed by atoms with E-state index in [0.29, 0.717) is 18.4 Å². The Hall–Kier alpha value is -1.10. The number of piperidine rings is 1. The second-order valence-corrected chi connectivity index (χ2v) is 7.06. The molecule has 1 rings (SSSR count). The molecule has 1 amide bonds. The molecule has 0 spiro atoms. The Labute approximate surface area is 121 Å². The number of carboxylic acids is 1. The Morgan fingerprint density at radius 2 is 1.80 bits per heavy atom. The van der Waals surface area contributed by atoms with Gasteiger partial charge in [0.1, 0.15) is 6.04 Å². The highest BCUT2D eigenvalue weighted by atomic mass is 16.4. The Kier molecular flexibility index (Phi) is 5.57. The van der Waals surface area contributed by atoms with E-state index < -0.39 is 17.4 Å². The van der Waals surface area contributed by atoms with Crippen LogP contribution in [0.2, 0.25) is 0 Å². The molecule has 116 valence electrons. The van der Waals surface area contributed by atoms with Crippen molar-refractivity contribution >= 4 is 11.9 Å². The summed E-state index contributed by atoms with van der Waals surface area (Å²) in [7, 11) is 0. The molecule has 1 aliphatic heterocycles. The summed E-state index contributed by atoms with van der Waals surface area (Å²) >= 11 is 0. The number of hydrogen-bond donors (Lipinski definition) is 2. The van der Waals surface area contributed by atoms with Crippen LogP contribution in [0, 0.1) is 17.3 Å². The summed E-state index contributed by atoms with van der Waals surface area (Å²) in [5.41, 5.74) is -0.583. The largest absolute Gasteiger partial charge is 0.480 e. The number of likely N-dealkylation sites (tertiary alicyclic amines) is 1. The zero-order valence-electron chi connectivity index (χ0n) is 13.3. The average molecular weight is 284 g/mol. The van der Waals surface area contributed by atoms with E-state index in [1.54, 1.807) is 0 Å². The quantitative estimate of drug-likeness (QED) is 0.804. The van der Waals surface area contributed by atoms with E-state index >= 15 is 0 Å². The molecule has 0 aliphatic carbocycles. The summed E-state index contributed by atoms with van der Waals surface area (Å²) in [6.45, 7) is 12.4. The van der Waals surface area contributed by atoms with Gasteiger partial charge < -0.3 is 15.3 Å². The third-order valence-electron chi connectivity index (χ3n) is 3.90. The number of rotatable bonds is 5. The topological polar surface area (TPSA) is 69.6 Å². The first-order valence-electron chi connectivity index (χ1n) is 7.38. The molecular formula is C15H28N2O3. The second kappa shape index (κ2) is 6.57. The zero-order chi connectivity index (χ0) is 15.5. The molecule has 3 atom stereocenters. The van der Waals surface area contributed by atoms with Gasteiger partial charge in [0.25, 0.3) is 0 Å². The molecule has 0 saturated carbocycles. The van der Waals surface area contributed by atoms with E-state index in [9.17, 15) is 9.59 Å². The van der Waals surface area contributed by atoms with Crippen LogP contribution in [0.5, 0.6) is 0 Å². The summed E-state index contributed by atoms with van der Waals surface area (Å²) in [5, 5.41) is 11.4. The fourth-order valence-electron chi connectivity index (χ4n) is 3.01. The Balaban J connectivity index is 2.59. The van der Waals surface area contributed by atoms with Crippen molar-refractivity contribution in [3.05, 3.63) is 0 Å². The van der Waals surface area contributed by atoms with Crippen molar-refractivity contribution in [1.29, 1.82) is 0 Å². The van der Waals surface area contributed by atoms with Gasteiger partial charge in [0, 0.05) is 19.6 Å². The van der Waals surface area contributed by atoms with E-state index in [1.807, 2.05) is 13.8 Å². The van der Waals surface area contributed by atoms with Gasteiger partial charge in [-0.05, 0) is 39.0 Å². The highest BCUT2D eigenvalue weighted by molar-refractivity contribution is 5.86. The molecule has 0 bridgehead atoms. The molecule has 0 aromatic carbocycles. The van der Waals surface area contributed by atoms with Gasteiger partial charge in [-0.15, -0.1) is 0 Å². The predicted molar refractivity (Wildman–Crippen MR) is 78.4 cm³/mol. The highest BCUT2D eigenvalue weighted by Crippen LogP contribution is 2.25. The van der Waals surface area contributed by atoms with E-state index in [4.69, 9.17) is 5.11 Å². The number of hydrogen-bond acceptors (Lipinski definition) is 3. The normalized spacial score (nSPS) is 26.1. The van der Waals surface area contributed by atoms with Crippen molar-refractivity contribution in [2.45, 2.75) is 47.1 Å². The first-order chi connectivity index (χ1) is 9.11. The summed E-state index contributed by atoms with van der Waals surface area (Å²) in [6.07, 6.45) is 1.24. The number of amides is 1. The van der Waals surface area contributed by atoms with Crippen molar-refractivity contribution in [2.75, 3.05) is 19.6 Å². The Bertz CT molecular complexity index is 358. The molecule has 0 aromatic rings. The van der Waals surface area contributed by atoms with Crippen LogP contribution in [0.3, 0.4) is 0 Å². The second-order valence-electron chi connectivity index (χ2n) is 7.06. The molecular weight excluding hydrogens is 256 g/mol. The third kappa shape index (κ3) is 4.78. The number of nitrogens with one attached hydrogen (secondary N) is 1. The van der Waals surface area contributed by atoms with Crippen LogP contribution in [0.25, 0.3) is 0 Å². The molecule has 1 heterocycles. The number of carbonyl (C=O) groups excluding carboxylic acids is 1. The highest BCUT2D eigenvalue weighted by Gasteiger charge is 2.34. The minimum absolute atomic E-state index is 0.196. The van der Waals surface area contributed by atoms with Gasteiger partial charge in [-0.3, -0.25) is 9.59 Å². The number of aliphatic carboxylic acids is 1. The average Bonchev–Trinajstić information content (AvgIpc) is 2.26. The van der Waals surface area contributed by atoms with Crippen LogP contribution in [-0.2, 0) is 9.59 Å². The van der Waals surface area contributed by atoms with Gasteiger partial charge in [0.05, 0.1) is 5.41 Å². The van der Waals surface area contributed by atoms with Gasteiger partial charge in [0.2, 0.25) is 5.91 Å². The zero-order valence-corrected chi connectivity index (χ0v) is 13.3. The van der Waals surface area contributed by atoms with E-state index in [-0.39, 0.29) is 5.91 Å². The van der Waals surface area contributed by atoms with Crippen LogP contribution >= 0.6 is 0 Å². The van der Waals surface area contributed by atoms with Crippen LogP contribution < -0.4 is 5.32 Å².